The normalized spacial score (nSPS) is 11.1. The molecule has 2 heterocycles. The molecule has 124 valence electrons. The summed E-state index contributed by atoms with van der Waals surface area (Å²) < 4.78 is 7.24. The number of nitrogens with zero attached hydrogens (tertiary/aromatic N) is 2. The zero-order valence-electron chi connectivity index (χ0n) is 13.2. The largest absolute Gasteiger partial charge is 0.496 e. The van der Waals surface area contributed by atoms with Crippen molar-refractivity contribution in [2.75, 3.05) is 12.8 Å². The first-order valence-electron chi connectivity index (χ1n) is 7.43. The lowest BCUT2D eigenvalue weighted by molar-refractivity contribution is 0.0697. The third-order valence-corrected chi connectivity index (χ3v) is 5.20. The fourth-order valence-corrected chi connectivity index (χ4v) is 3.92. The maximum atomic E-state index is 11.3. The second-order valence-corrected chi connectivity index (χ2v) is 6.52. The molecule has 0 fully saturated rings. The van der Waals surface area contributed by atoms with Gasteiger partial charge < -0.3 is 15.6 Å². The summed E-state index contributed by atoms with van der Waals surface area (Å²) in [6.07, 6.45) is 1.46. The number of nitrogen functional groups attached to an aromatic ring is 1. The van der Waals surface area contributed by atoms with Crippen LogP contribution in [-0.2, 0) is 0 Å². The van der Waals surface area contributed by atoms with Crippen LogP contribution < -0.4 is 10.5 Å². The zero-order valence-corrected chi connectivity index (χ0v) is 14.0. The van der Waals surface area contributed by atoms with Crippen LogP contribution in [-0.4, -0.2) is 28.2 Å². The van der Waals surface area contributed by atoms with Gasteiger partial charge in [-0.05, 0) is 29.8 Å². The lowest BCUT2D eigenvalue weighted by Crippen LogP contribution is -1.97. The molecule has 0 spiro atoms. The van der Waals surface area contributed by atoms with E-state index in [1.165, 1.54) is 23.7 Å². The third kappa shape index (κ3) is 2.45. The van der Waals surface area contributed by atoms with E-state index in [2.05, 4.69) is 9.97 Å². The number of aromatic nitrogens is 2. The van der Waals surface area contributed by atoms with Crippen molar-refractivity contribution in [2.24, 2.45) is 0 Å². The zero-order chi connectivity index (χ0) is 17.6. The van der Waals surface area contributed by atoms with Gasteiger partial charge in [-0.3, -0.25) is 0 Å². The number of fused-ring (bicyclic) bond motifs is 3. The van der Waals surface area contributed by atoms with E-state index in [-0.39, 0.29) is 5.56 Å². The van der Waals surface area contributed by atoms with Crippen molar-refractivity contribution in [1.82, 2.24) is 9.97 Å². The molecule has 0 saturated carbocycles. The third-order valence-electron chi connectivity index (χ3n) is 4.04. The van der Waals surface area contributed by atoms with E-state index in [1.54, 1.807) is 19.2 Å². The summed E-state index contributed by atoms with van der Waals surface area (Å²) in [5.41, 5.74) is 8.57. The van der Waals surface area contributed by atoms with E-state index in [9.17, 15) is 9.90 Å². The number of rotatable bonds is 3. The standard InChI is InChI=1S/C18H13N3O3S/c1-24-13-5-3-10(18(22)23)6-12(13)9-2-4-11-14(7-9)25-16-15(11)20-8-21-17(16)19/h2-8H,1H3,(H,22,23)(H2,19,20,21). The topological polar surface area (TPSA) is 98.3 Å². The average Bonchev–Trinajstić information content (AvgIpc) is 3.00. The van der Waals surface area contributed by atoms with Gasteiger partial charge in [-0.25, -0.2) is 14.8 Å². The first-order chi connectivity index (χ1) is 12.1. The minimum atomic E-state index is -0.977. The molecule has 0 aliphatic carbocycles. The van der Waals surface area contributed by atoms with E-state index in [1.807, 2.05) is 18.2 Å². The van der Waals surface area contributed by atoms with Crippen LogP contribution in [0, 0.1) is 0 Å². The highest BCUT2D eigenvalue weighted by Crippen LogP contribution is 2.39. The molecule has 0 radical (unpaired) electrons. The van der Waals surface area contributed by atoms with E-state index < -0.39 is 5.97 Å². The number of anilines is 1. The SMILES string of the molecule is COc1ccc(C(=O)O)cc1-c1ccc2c(c1)sc1c(N)ncnc12. The van der Waals surface area contributed by atoms with Crippen LogP contribution in [0.25, 0.3) is 31.4 Å². The quantitative estimate of drug-likeness (QED) is 0.582. The number of hydrogen-bond acceptors (Lipinski definition) is 6. The number of methoxy groups -OCH3 is 1. The maximum Gasteiger partial charge on any atom is 0.335 e. The van der Waals surface area contributed by atoms with E-state index in [4.69, 9.17) is 10.5 Å². The van der Waals surface area contributed by atoms with Crippen molar-refractivity contribution in [1.29, 1.82) is 0 Å². The monoisotopic (exact) mass is 351 g/mol. The van der Waals surface area contributed by atoms with E-state index in [0.29, 0.717) is 11.6 Å². The van der Waals surface area contributed by atoms with Crippen LogP contribution in [0.4, 0.5) is 5.82 Å². The predicted octanol–water partition coefficient (Wildman–Crippen LogP) is 3.80. The molecule has 0 unspecified atom stereocenters. The summed E-state index contributed by atoms with van der Waals surface area (Å²) in [7, 11) is 1.56. The molecule has 4 rings (SSSR count). The Hall–Kier alpha value is -3.19. The van der Waals surface area contributed by atoms with E-state index >= 15 is 0 Å². The average molecular weight is 351 g/mol. The summed E-state index contributed by atoms with van der Waals surface area (Å²) in [5.74, 6) is 0.0952. The molecule has 2 aromatic carbocycles. The summed E-state index contributed by atoms with van der Waals surface area (Å²) in [6, 6.07) is 10.7. The Kier molecular flexibility index (Phi) is 3.51. The first kappa shape index (κ1) is 15.3. The van der Waals surface area contributed by atoms with Crippen molar-refractivity contribution in [3.63, 3.8) is 0 Å². The number of aromatic carboxylic acids is 1. The predicted molar refractivity (Wildman–Crippen MR) is 98.3 cm³/mol. The molecule has 0 aliphatic rings. The Balaban J connectivity index is 1.96. The molecule has 25 heavy (non-hydrogen) atoms. The second kappa shape index (κ2) is 5.71. The molecule has 0 saturated heterocycles. The molecular formula is C18H13N3O3S. The fourth-order valence-electron chi connectivity index (χ4n) is 2.83. The molecule has 0 aliphatic heterocycles. The van der Waals surface area contributed by atoms with Gasteiger partial charge in [0.25, 0.3) is 0 Å². The number of nitrogens with two attached hydrogens (primary N) is 1. The van der Waals surface area contributed by atoms with Crippen LogP contribution in [0.3, 0.4) is 0 Å². The van der Waals surface area contributed by atoms with Gasteiger partial charge >= 0.3 is 5.97 Å². The van der Waals surface area contributed by atoms with Gasteiger partial charge in [-0.1, -0.05) is 12.1 Å². The van der Waals surface area contributed by atoms with Gasteiger partial charge in [0.15, 0.2) is 0 Å². The number of carbonyl (C=O) groups is 1. The van der Waals surface area contributed by atoms with Crippen molar-refractivity contribution in [3.8, 4) is 16.9 Å². The summed E-state index contributed by atoms with van der Waals surface area (Å²) in [5, 5.41) is 10.2. The minimum absolute atomic E-state index is 0.211. The number of carboxylic acid groups (broad SMARTS) is 1. The number of ether oxygens (including phenoxy) is 1. The van der Waals surface area contributed by atoms with Crippen LogP contribution in [0.5, 0.6) is 5.75 Å². The van der Waals surface area contributed by atoms with Gasteiger partial charge in [0.1, 0.15) is 17.9 Å². The summed E-state index contributed by atoms with van der Waals surface area (Å²) in [4.78, 5) is 19.6. The van der Waals surface area contributed by atoms with Crippen molar-refractivity contribution in [2.45, 2.75) is 0 Å². The highest BCUT2D eigenvalue weighted by atomic mass is 32.1. The molecule has 7 heteroatoms. The number of benzene rings is 2. The molecule has 0 bridgehead atoms. The van der Waals surface area contributed by atoms with Crippen LogP contribution in [0.2, 0.25) is 0 Å². The maximum absolute atomic E-state index is 11.3. The Morgan fingerprint density at radius 2 is 2.04 bits per heavy atom. The Labute approximate surface area is 146 Å². The Bertz CT molecular complexity index is 1140. The summed E-state index contributed by atoms with van der Waals surface area (Å²) >= 11 is 1.51. The van der Waals surface area contributed by atoms with Gasteiger partial charge in [0.05, 0.1) is 22.9 Å². The van der Waals surface area contributed by atoms with E-state index in [0.717, 1.165) is 31.4 Å². The number of thiophene rings is 1. The van der Waals surface area contributed by atoms with Crippen LogP contribution in [0.15, 0.2) is 42.7 Å². The van der Waals surface area contributed by atoms with Crippen LogP contribution >= 0.6 is 11.3 Å². The minimum Gasteiger partial charge on any atom is -0.496 e. The lowest BCUT2D eigenvalue weighted by atomic mass is 10.0. The number of carboxylic acids is 1. The fraction of sp³-hybridized carbons (Fsp3) is 0.0556. The first-order valence-corrected chi connectivity index (χ1v) is 8.24. The molecular weight excluding hydrogens is 338 g/mol. The highest BCUT2D eigenvalue weighted by molar-refractivity contribution is 7.26. The molecule has 2 aromatic heterocycles. The highest BCUT2D eigenvalue weighted by Gasteiger charge is 2.14. The molecule has 0 atom stereocenters. The Morgan fingerprint density at radius 1 is 1.20 bits per heavy atom. The van der Waals surface area contributed by atoms with Crippen molar-refractivity contribution >= 4 is 43.4 Å². The van der Waals surface area contributed by atoms with Gasteiger partial charge in [0, 0.05) is 15.6 Å². The molecule has 0 amide bonds. The van der Waals surface area contributed by atoms with Crippen molar-refractivity contribution < 1.29 is 14.6 Å². The van der Waals surface area contributed by atoms with Gasteiger partial charge in [0.2, 0.25) is 0 Å². The summed E-state index contributed by atoms with van der Waals surface area (Å²) in [6.45, 7) is 0. The molecule has 3 N–H and O–H groups in total. The lowest BCUT2D eigenvalue weighted by Gasteiger charge is -2.10. The molecule has 6 nitrogen and oxygen atoms in total. The smallest absolute Gasteiger partial charge is 0.335 e. The second-order valence-electron chi connectivity index (χ2n) is 5.47. The van der Waals surface area contributed by atoms with Gasteiger partial charge in [-0.2, -0.15) is 0 Å². The Morgan fingerprint density at radius 3 is 2.80 bits per heavy atom. The van der Waals surface area contributed by atoms with Crippen molar-refractivity contribution in [3.05, 3.63) is 48.3 Å². The van der Waals surface area contributed by atoms with Crippen LogP contribution in [0.1, 0.15) is 10.4 Å². The van der Waals surface area contributed by atoms with Gasteiger partial charge in [-0.15, -0.1) is 11.3 Å². The number of hydrogen-bond donors (Lipinski definition) is 2. The molecule has 4 aromatic rings.